The van der Waals surface area contributed by atoms with Crippen molar-refractivity contribution in [1.29, 1.82) is 0 Å². The van der Waals surface area contributed by atoms with Crippen molar-refractivity contribution in [2.75, 3.05) is 13.2 Å². The number of aryl methyl sites for hydroxylation is 3. The third-order valence-electron chi connectivity index (χ3n) is 4.89. The van der Waals surface area contributed by atoms with Crippen molar-refractivity contribution in [2.24, 2.45) is 0 Å². The second-order valence-corrected chi connectivity index (χ2v) is 8.45. The van der Waals surface area contributed by atoms with E-state index in [1.807, 2.05) is 75.4 Å². The van der Waals surface area contributed by atoms with Crippen LogP contribution in [0.2, 0.25) is 0 Å². The Hall–Kier alpha value is -3.39. The second kappa shape index (κ2) is 9.82. The number of nitrogens with one attached hydrogen (secondary N) is 1. The summed E-state index contributed by atoms with van der Waals surface area (Å²) in [6, 6.07) is 17.4. The van der Waals surface area contributed by atoms with E-state index in [4.69, 9.17) is 4.74 Å². The molecule has 0 aliphatic heterocycles. The van der Waals surface area contributed by atoms with Gasteiger partial charge in [0.15, 0.2) is 0 Å². The van der Waals surface area contributed by atoms with E-state index in [0.29, 0.717) is 35.4 Å². The standard InChI is InChI=1S/C24H25N5O2S/c1-16-8-10-20(11-9-16)31-13-12-25-22(30)21-7-5-4-6-19(21)15-32-24-27-23-26-17(2)14-18(3)29(23)28-24/h4-11,14H,12-13,15H2,1-3H3,(H,25,30). The van der Waals surface area contributed by atoms with Crippen LogP contribution in [0, 0.1) is 20.8 Å². The molecule has 164 valence electrons. The molecule has 0 radical (unpaired) electrons. The van der Waals surface area contributed by atoms with Crippen LogP contribution in [0.4, 0.5) is 0 Å². The van der Waals surface area contributed by atoms with Crippen LogP contribution in [0.3, 0.4) is 0 Å². The molecule has 7 nitrogen and oxygen atoms in total. The number of fused-ring (bicyclic) bond motifs is 1. The Morgan fingerprint density at radius 2 is 1.84 bits per heavy atom. The number of benzene rings is 2. The highest BCUT2D eigenvalue weighted by molar-refractivity contribution is 7.98. The smallest absolute Gasteiger partial charge is 0.253 e. The summed E-state index contributed by atoms with van der Waals surface area (Å²) in [5, 5.41) is 8.09. The van der Waals surface area contributed by atoms with Gasteiger partial charge in [0, 0.05) is 22.7 Å². The Morgan fingerprint density at radius 1 is 1.06 bits per heavy atom. The maximum absolute atomic E-state index is 12.7. The van der Waals surface area contributed by atoms with Crippen molar-refractivity contribution >= 4 is 23.4 Å². The molecule has 1 N–H and O–H groups in total. The molecule has 0 aliphatic rings. The summed E-state index contributed by atoms with van der Waals surface area (Å²) in [6.45, 7) is 6.78. The van der Waals surface area contributed by atoms with Gasteiger partial charge in [-0.25, -0.2) is 9.50 Å². The fourth-order valence-corrected chi connectivity index (χ4v) is 4.10. The van der Waals surface area contributed by atoms with Crippen molar-refractivity contribution in [3.8, 4) is 5.75 Å². The van der Waals surface area contributed by atoms with Gasteiger partial charge in [-0.05, 0) is 50.6 Å². The van der Waals surface area contributed by atoms with E-state index in [-0.39, 0.29) is 5.91 Å². The van der Waals surface area contributed by atoms with E-state index >= 15 is 0 Å². The molecule has 0 atom stereocenters. The molecule has 0 fully saturated rings. The SMILES string of the molecule is Cc1ccc(OCCNC(=O)c2ccccc2CSc2nc3nc(C)cc(C)n3n2)cc1. The summed E-state index contributed by atoms with van der Waals surface area (Å²) < 4.78 is 7.42. The molecule has 0 unspecified atom stereocenters. The number of hydrogen-bond acceptors (Lipinski definition) is 6. The summed E-state index contributed by atoms with van der Waals surface area (Å²) in [5.74, 6) is 1.84. The molecule has 0 saturated heterocycles. The van der Waals surface area contributed by atoms with Gasteiger partial charge in [-0.2, -0.15) is 4.98 Å². The summed E-state index contributed by atoms with van der Waals surface area (Å²) in [6.07, 6.45) is 0. The van der Waals surface area contributed by atoms with Crippen molar-refractivity contribution in [2.45, 2.75) is 31.7 Å². The number of nitrogens with zero attached hydrogens (tertiary/aromatic N) is 4. The molecule has 2 aromatic heterocycles. The number of rotatable bonds is 8. The average Bonchev–Trinajstić information content (AvgIpc) is 3.20. The molecular formula is C24H25N5O2S. The van der Waals surface area contributed by atoms with Gasteiger partial charge in [-0.1, -0.05) is 47.7 Å². The fraction of sp³-hybridized carbons (Fsp3) is 0.250. The lowest BCUT2D eigenvalue weighted by Gasteiger charge is -2.10. The van der Waals surface area contributed by atoms with E-state index in [0.717, 1.165) is 22.7 Å². The van der Waals surface area contributed by atoms with E-state index in [1.165, 1.54) is 17.3 Å². The van der Waals surface area contributed by atoms with E-state index in [1.54, 1.807) is 4.52 Å². The van der Waals surface area contributed by atoms with Crippen LogP contribution in [0.25, 0.3) is 5.78 Å². The highest BCUT2D eigenvalue weighted by atomic mass is 32.2. The number of aromatic nitrogens is 4. The topological polar surface area (TPSA) is 81.4 Å². The number of carbonyl (C=O) groups excluding carboxylic acids is 1. The van der Waals surface area contributed by atoms with E-state index < -0.39 is 0 Å². The number of amides is 1. The van der Waals surface area contributed by atoms with Gasteiger partial charge in [0.05, 0.1) is 6.54 Å². The third kappa shape index (κ3) is 5.26. The second-order valence-electron chi connectivity index (χ2n) is 7.51. The molecular weight excluding hydrogens is 422 g/mol. The first-order valence-corrected chi connectivity index (χ1v) is 11.4. The largest absolute Gasteiger partial charge is 0.492 e. The van der Waals surface area contributed by atoms with Gasteiger partial charge in [0.25, 0.3) is 11.7 Å². The minimum absolute atomic E-state index is 0.121. The molecule has 32 heavy (non-hydrogen) atoms. The molecule has 0 bridgehead atoms. The van der Waals surface area contributed by atoms with E-state index in [9.17, 15) is 4.79 Å². The molecule has 2 aromatic carbocycles. The van der Waals surface area contributed by atoms with Crippen LogP contribution < -0.4 is 10.1 Å². The van der Waals surface area contributed by atoms with Crippen LogP contribution >= 0.6 is 11.8 Å². The monoisotopic (exact) mass is 447 g/mol. The Labute approximate surface area is 191 Å². The van der Waals surface area contributed by atoms with Crippen LogP contribution in [0.5, 0.6) is 5.75 Å². The Balaban J connectivity index is 1.35. The summed E-state index contributed by atoms with van der Waals surface area (Å²) in [4.78, 5) is 21.7. The van der Waals surface area contributed by atoms with Crippen LogP contribution in [-0.2, 0) is 5.75 Å². The molecule has 0 spiro atoms. The van der Waals surface area contributed by atoms with Gasteiger partial charge >= 0.3 is 0 Å². The zero-order chi connectivity index (χ0) is 22.5. The predicted octanol–water partition coefficient (Wildman–Crippen LogP) is 4.15. The first-order chi connectivity index (χ1) is 15.5. The molecule has 1 amide bonds. The average molecular weight is 448 g/mol. The summed E-state index contributed by atoms with van der Waals surface area (Å²) in [7, 11) is 0. The normalized spacial score (nSPS) is 11.0. The summed E-state index contributed by atoms with van der Waals surface area (Å²) in [5.41, 5.74) is 4.64. The zero-order valence-electron chi connectivity index (χ0n) is 18.3. The molecule has 2 heterocycles. The number of carbonyl (C=O) groups is 1. The maximum Gasteiger partial charge on any atom is 0.253 e. The highest BCUT2D eigenvalue weighted by Gasteiger charge is 2.13. The lowest BCUT2D eigenvalue weighted by molar-refractivity contribution is 0.0946. The van der Waals surface area contributed by atoms with Crippen molar-refractivity contribution in [3.05, 3.63) is 82.7 Å². The van der Waals surface area contributed by atoms with Gasteiger partial charge < -0.3 is 10.1 Å². The van der Waals surface area contributed by atoms with Gasteiger partial charge in [0.2, 0.25) is 5.16 Å². The third-order valence-corrected chi connectivity index (χ3v) is 5.78. The molecule has 0 saturated carbocycles. The van der Waals surface area contributed by atoms with Crippen molar-refractivity contribution in [1.82, 2.24) is 24.9 Å². The quantitative estimate of drug-likeness (QED) is 0.323. The number of ether oxygens (including phenoxy) is 1. The van der Waals surface area contributed by atoms with Crippen LogP contribution in [0.15, 0.2) is 59.8 Å². The molecule has 0 aliphatic carbocycles. The van der Waals surface area contributed by atoms with Gasteiger partial charge in [0.1, 0.15) is 12.4 Å². The van der Waals surface area contributed by atoms with E-state index in [2.05, 4.69) is 20.4 Å². The number of hydrogen-bond donors (Lipinski definition) is 1. The van der Waals surface area contributed by atoms with Gasteiger partial charge in [-0.3, -0.25) is 4.79 Å². The minimum Gasteiger partial charge on any atom is -0.492 e. The molecule has 4 rings (SSSR count). The van der Waals surface area contributed by atoms with Crippen molar-refractivity contribution in [3.63, 3.8) is 0 Å². The number of thioether (sulfide) groups is 1. The van der Waals surface area contributed by atoms with Crippen molar-refractivity contribution < 1.29 is 9.53 Å². The zero-order valence-corrected chi connectivity index (χ0v) is 19.1. The van der Waals surface area contributed by atoms with Crippen LogP contribution in [0.1, 0.15) is 32.9 Å². The fourth-order valence-electron chi connectivity index (χ4n) is 3.28. The Morgan fingerprint density at radius 3 is 2.66 bits per heavy atom. The summed E-state index contributed by atoms with van der Waals surface area (Å²) >= 11 is 1.48. The lowest BCUT2D eigenvalue weighted by Crippen LogP contribution is -2.28. The van der Waals surface area contributed by atoms with Crippen LogP contribution in [-0.4, -0.2) is 38.6 Å². The lowest BCUT2D eigenvalue weighted by atomic mass is 10.1. The van der Waals surface area contributed by atoms with Gasteiger partial charge in [-0.15, -0.1) is 5.10 Å². The first-order valence-electron chi connectivity index (χ1n) is 10.4. The molecule has 8 heteroatoms. The molecule has 4 aromatic rings. The first kappa shape index (κ1) is 21.8. The minimum atomic E-state index is -0.121. The predicted molar refractivity (Wildman–Crippen MR) is 125 cm³/mol. The Bertz CT molecular complexity index is 1240. The maximum atomic E-state index is 12.7. The highest BCUT2D eigenvalue weighted by Crippen LogP contribution is 2.23. The Kier molecular flexibility index (Phi) is 6.70.